The van der Waals surface area contributed by atoms with Crippen LogP contribution in [0.5, 0.6) is 0 Å². The summed E-state index contributed by atoms with van der Waals surface area (Å²) in [6, 6.07) is 7.82. The number of aromatic amines is 1. The van der Waals surface area contributed by atoms with Gasteiger partial charge in [0, 0.05) is 7.05 Å². The molecule has 1 N–H and O–H groups in total. The van der Waals surface area contributed by atoms with Crippen LogP contribution in [0.3, 0.4) is 0 Å². The Kier molecular flexibility index (Phi) is 2.52. The van der Waals surface area contributed by atoms with E-state index in [1.165, 1.54) is 11.7 Å². The van der Waals surface area contributed by atoms with Crippen molar-refractivity contribution in [3.63, 3.8) is 0 Å². The molecule has 0 aliphatic rings. The van der Waals surface area contributed by atoms with Crippen molar-refractivity contribution in [3.8, 4) is 0 Å². The van der Waals surface area contributed by atoms with Crippen molar-refractivity contribution in [2.45, 2.75) is 13.5 Å². The maximum absolute atomic E-state index is 11.6. The quantitative estimate of drug-likeness (QED) is 0.786. The van der Waals surface area contributed by atoms with Crippen molar-refractivity contribution in [2.24, 2.45) is 7.05 Å². The molecule has 5 nitrogen and oxygen atoms in total. The molecular weight excluding hydrogens is 206 g/mol. The molecule has 0 saturated carbocycles. The lowest BCUT2D eigenvalue weighted by Crippen LogP contribution is -2.26. The fourth-order valence-electron chi connectivity index (χ4n) is 1.49. The van der Waals surface area contributed by atoms with E-state index in [1.807, 2.05) is 31.2 Å². The van der Waals surface area contributed by atoms with E-state index in [0.29, 0.717) is 6.54 Å². The van der Waals surface area contributed by atoms with Gasteiger partial charge in [0.05, 0.1) is 6.54 Å². The molecule has 1 aromatic carbocycles. The lowest BCUT2D eigenvalue weighted by Gasteiger charge is -2.01. The minimum absolute atomic E-state index is 0.328. The van der Waals surface area contributed by atoms with E-state index >= 15 is 0 Å². The van der Waals surface area contributed by atoms with Crippen molar-refractivity contribution in [1.82, 2.24) is 14.3 Å². The van der Waals surface area contributed by atoms with Crippen LogP contribution < -0.4 is 11.4 Å². The van der Waals surface area contributed by atoms with E-state index in [1.54, 1.807) is 0 Å². The van der Waals surface area contributed by atoms with E-state index < -0.39 is 5.69 Å². The molecule has 0 unspecified atom stereocenters. The van der Waals surface area contributed by atoms with E-state index in [0.717, 1.165) is 15.7 Å². The highest BCUT2D eigenvalue weighted by Gasteiger charge is 2.04. The smallest absolute Gasteiger partial charge is 0.246 e. The molecule has 0 amide bonds. The van der Waals surface area contributed by atoms with Gasteiger partial charge in [-0.05, 0) is 12.5 Å². The Bertz CT molecular complexity index is 601. The van der Waals surface area contributed by atoms with Crippen molar-refractivity contribution in [1.29, 1.82) is 0 Å². The molecule has 5 heteroatoms. The SMILES string of the molecule is Cc1ccc(Cn2[nH]c(=O)n(C)c2=O)cc1. The predicted molar refractivity (Wildman–Crippen MR) is 60.6 cm³/mol. The van der Waals surface area contributed by atoms with Crippen LogP contribution >= 0.6 is 0 Å². The van der Waals surface area contributed by atoms with Crippen LogP contribution in [0.1, 0.15) is 11.1 Å². The molecular formula is C11H13N3O2. The summed E-state index contributed by atoms with van der Waals surface area (Å²) in [6.45, 7) is 2.38. The molecule has 0 aliphatic heterocycles. The molecule has 0 aliphatic carbocycles. The summed E-state index contributed by atoms with van der Waals surface area (Å²) in [7, 11) is 1.45. The zero-order valence-corrected chi connectivity index (χ0v) is 9.23. The normalized spacial score (nSPS) is 10.6. The van der Waals surface area contributed by atoms with Crippen LogP contribution in [-0.2, 0) is 13.6 Å². The van der Waals surface area contributed by atoms with Gasteiger partial charge in [-0.25, -0.2) is 23.9 Å². The maximum atomic E-state index is 11.6. The van der Waals surface area contributed by atoms with E-state index in [4.69, 9.17) is 0 Å². The summed E-state index contributed by atoms with van der Waals surface area (Å²) in [5.41, 5.74) is 1.43. The number of hydrogen-bond acceptors (Lipinski definition) is 2. The maximum Gasteiger partial charge on any atom is 0.346 e. The Labute approximate surface area is 91.9 Å². The molecule has 2 rings (SSSR count). The van der Waals surface area contributed by atoms with Gasteiger partial charge in [-0.2, -0.15) is 0 Å². The van der Waals surface area contributed by atoms with E-state index in [2.05, 4.69) is 5.10 Å². The Morgan fingerprint density at radius 2 is 1.81 bits per heavy atom. The van der Waals surface area contributed by atoms with Gasteiger partial charge in [0.2, 0.25) is 0 Å². The highest BCUT2D eigenvalue weighted by atomic mass is 16.2. The average molecular weight is 219 g/mol. The molecule has 1 aromatic heterocycles. The number of nitrogens with one attached hydrogen (secondary N) is 1. The second kappa shape index (κ2) is 3.84. The summed E-state index contributed by atoms with van der Waals surface area (Å²) in [6.07, 6.45) is 0. The van der Waals surface area contributed by atoms with Crippen molar-refractivity contribution in [3.05, 3.63) is 56.4 Å². The lowest BCUT2D eigenvalue weighted by atomic mass is 10.1. The second-order valence-corrected chi connectivity index (χ2v) is 3.83. The first-order chi connectivity index (χ1) is 7.58. The topological polar surface area (TPSA) is 59.8 Å². The van der Waals surface area contributed by atoms with E-state index in [9.17, 15) is 9.59 Å². The highest BCUT2D eigenvalue weighted by Crippen LogP contribution is 2.03. The third kappa shape index (κ3) is 1.84. The second-order valence-electron chi connectivity index (χ2n) is 3.83. The van der Waals surface area contributed by atoms with Gasteiger partial charge in [0.25, 0.3) is 0 Å². The first kappa shape index (κ1) is 10.5. The highest BCUT2D eigenvalue weighted by molar-refractivity contribution is 5.21. The third-order valence-corrected chi connectivity index (χ3v) is 2.51. The molecule has 0 saturated heterocycles. The van der Waals surface area contributed by atoms with E-state index in [-0.39, 0.29) is 5.69 Å². The predicted octanol–water partition coefficient (Wildman–Crippen LogP) is 0.232. The fraction of sp³-hybridized carbons (Fsp3) is 0.273. The number of hydrogen-bond donors (Lipinski definition) is 1. The number of aromatic nitrogens is 3. The van der Waals surface area contributed by atoms with Gasteiger partial charge in [-0.1, -0.05) is 29.8 Å². The molecule has 84 valence electrons. The molecule has 0 radical (unpaired) electrons. The van der Waals surface area contributed by atoms with Crippen LogP contribution in [0, 0.1) is 6.92 Å². The van der Waals surface area contributed by atoms with Gasteiger partial charge in [-0.15, -0.1) is 0 Å². The Morgan fingerprint density at radius 1 is 1.19 bits per heavy atom. The average Bonchev–Trinajstić information content (AvgIpc) is 2.50. The van der Waals surface area contributed by atoms with Gasteiger partial charge in [-0.3, -0.25) is 0 Å². The summed E-state index contributed by atoms with van der Waals surface area (Å²) in [5.74, 6) is 0. The number of aryl methyl sites for hydroxylation is 1. The molecule has 0 atom stereocenters. The zero-order chi connectivity index (χ0) is 11.7. The Balaban J connectivity index is 2.34. The van der Waals surface area contributed by atoms with Crippen LogP contribution in [0.2, 0.25) is 0 Å². The molecule has 1 heterocycles. The zero-order valence-electron chi connectivity index (χ0n) is 9.23. The number of benzene rings is 1. The molecule has 0 spiro atoms. The summed E-state index contributed by atoms with van der Waals surface area (Å²) >= 11 is 0. The Hall–Kier alpha value is -2.04. The summed E-state index contributed by atoms with van der Waals surface area (Å²) < 4.78 is 2.35. The van der Waals surface area contributed by atoms with Gasteiger partial charge >= 0.3 is 11.4 Å². The van der Waals surface area contributed by atoms with Gasteiger partial charge in [0.1, 0.15) is 0 Å². The molecule has 0 fully saturated rings. The minimum atomic E-state index is -0.392. The van der Waals surface area contributed by atoms with Gasteiger partial charge in [0.15, 0.2) is 0 Å². The number of nitrogens with zero attached hydrogens (tertiary/aromatic N) is 2. The number of H-pyrrole nitrogens is 1. The lowest BCUT2D eigenvalue weighted by molar-refractivity contribution is 0.645. The largest absolute Gasteiger partial charge is 0.346 e. The number of rotatable bonds is 2. The van der Waals surface area contributed by atoms with Crippen LogP contribution in [0.25, 0.3) is 0 Å². The monoisotopic (exact) mass is 219 g/mol. The molecule has 0 bridgehead atoms. The fourth-order valence-corrected chi connectivity index (χ4v) is 1.49. The van der Waals surface area contributed by atoms with Crippen LogP contribution in [0.15, 0.2) is 33.9 Å². The Morgan fingerprint density at radius 3 is 2.31 bits per heavy atom. The van der Waals surface area contributed by atoms with Crippen molar-refractivity contribution in [2.75, 3.05) is 0 Å². The van der Waals surface area contributed by atoms with Gasteiger partial charge < -0.3 is 0 Å². The standard InChI is InChI=1S/C11H13N3O2/c1-8-3-5-9(6-4-8)7-14-11(16)13(2)10(15)12-14/h3-6H,7H2,1-2H3,(H,12,15). The first-order valence-corrected chi connectivity index (χ1v) is 4.99. The molecule has 16 heavy (non-hydrogen) atoms. The van der Waals surface area contributed by atoms with Crippen LogP contribution in [-0.4, -0.2) is 14.3 Å². The first-order valence-electron chi connectivity index (χ1n) is 4.99. The van der Waals surface area contributed by atoms with Crippen LogP contribution in [0.4, 0.5) is 0 Å². The third-order valence-electron chi connectivity index (χ3n) is 2.51. The molecule has 2 aromatic rings. The summed E-state index contributed by atoms with van der Waals surface area (Å²) in [5, 5.41) is 2.49. The summed E-state index contributed by atoms with van der Waals surface area (Å²) in [4.78, 5) is 22.7. The minimum Gasteiger partial charge on any atom is -0.246 e. The van der Waals surface area contributed by atoms with Crippen molar-refractivity contribution < 1.29 is 0 Å². The van der Waals surface area contributed by atoms with Crippen molar-refractivity contribution >= 4 is 0 Å².